The number of H-pyrrole nitrogens is 1. The molecule has 0 unspecified atom stereocenters. The maximum absolute atomic E-state index is 12.5. The van der Waals surface area contributed by atoms with Crippen LogP contribution in [0.5, 0.6) is 0 Å². The molecule has 2 aromatic rings. The number of aryl methyl sites for hydroxylation is 2. The Morgan fingerprint density at radius 3 is 2.95 bits per heavy atom. The Morgan fingerprint density at radius 2 is 2.00 bits per heavy atom. The smallest absolute Gasteiger partial charge is 0.261 e. The van der Waals surface area contributed by atoms with Crippen LogP contribution in [-0.4, -0.2) is 36.1 Å². The Labute approximate surface area is 127 Å². The van der Waals surface area contributed by atoms with Gasteiger partial charge in [-0.2, -0.15) is 0 Å². The van der Waals surface area contributed by atoms with E-state index in [0.29, 0.717) is 0 Å². The van der Waals surface area contributed by atoms with Gasteiger partial charge in [0.25, 0.3) is 5.56 Å². The topological polar surface area (TPSA) is 61.0 Å². The van der Waals surface area contributed by atoms with Crippen molar-refractivity contribution in [1.82, 2.24) is 15.3 Å². The van der Waals surface area contributed by atoms with Crippen LogP contribution < -0.4 is 15.8 Å². The lowest BCUT2D eigenvalue weighted by Gasteiger charge is -2.20. The van der Waals surface area contributed by atoms with Crippen LogP contribution in [0.4, 0.5) is 5.95 Å². The van der Waals surface area contributed by atoms with Crippen molar-refractivity contribution in [3.8, 4) is 0 Å². The van der Waals surface area contributed by atoms with Crippen molar-refractivity contribution in [1.29, 1.82) is 0 Å². The Morgan fingerprint density at radius 1 is 1.10 bits per heavy atom. The molecular weight excluding hydrogens is 284 g/mol. The predicted molar refractivity (Wildman–Crippen MR) is 86.6 cm³/mol. The van der Waals surface area contributed by atoms with E-state index in [1.807, 2.05) is 0 Å². The Balaban J connectivity index is 1.80. The fourth-order valence-electron chi connectivity index (χ4n) is 3.36. The molecule has 1 saturated heterocycles. The van der Waals surface area contributed by atoms with Gasteiger partial charge in [-0.1, -0.05) is 0 Å². The molecule has 4 rings (SSSR count). The third-order valence-corrected chi connectivity index (χ3v) is 5.64. The summed E-state index contributed by atoms with van der Waals surface area (Å²) < 4.78 is 0. The van der Waals surface area contributed by atoms with Gasteiger partial charge in [-0.15, -0.1) is 11.3 Å². The molecule has 2 N–H and O–H groups in total. The van der Waals surface area contributed by atoms with Gasteiger partial charge in [0.2, 0.25) is 5.95 Å². The summed E-state index contributed by atoms with van der Waals surface area (Å²) in [6.07, 6.45) is 5.66. The molecule has 0 bridgehead atoms. The number of hydrogen-bond acceptors (Lipinski definition) is 5. The molecule has 0 aromatic carbocycles. The average molecular weight is 304 g/mol. The minimum Gasteiger partial charge on any atom is -0.341 e. The second-order valence-electron chi connectivity index (χ2n) is 5.87. The SMILES string of the molecule is O=c1[nH]c(N2CCCNCC2)nc2sc3c(c12)CCCC3. The first-order valence-corrected chi connectivity index (χ1v) is 8.65. The summed E-state index contributed by atoms with van der Waals surface area (Å²) in [7, 11) is 0. The highest BCUT2D eigenvalue weighted by Crippen LogP contribution is 2.34. The van der Waals surface area contributed by atoms with Gasteiger partial charge in [-0.3, -0.25) is 9.78 Å². The van der Waals surface area contributed by atoms with Gasteiger partial charge in [0, 0.05) is 24.5 Å². The predicted octanol–water partition coefficient (Wildman–Crippen LogP) is 1.66. The first-order chi connectivity index (χ1) is 10.3. The van der Waals surface area contributed by atoms with E-state index in [9.17, 15) is 4.79 Å². The van der Waals surface area contributed by atoms with Gasteiger partial charge < -0.3 is 10.2 Å². The molecule has 2 aromatic heterocycles. The molecule has 1 aliphatic heterocycles. The van der Waals surface area contributed by atoms with Crippen LogP contribution in [0, 0.1) is 0 Å². The first-order valence-electron chi connectivity index (χ1n) is 7.83. The van der Waals surface area contributed by atoms with Gasteiger partial charge >= 0.3 is 0 Å². The maximum atomic E-state index is 12.5. The molecule has 1 fully saturated rings. The van der Waals surface area contributed by atoms with Crippen molar-refractivity contribution in [2.75, 3.05) is 31.1 Å². The standard InChI is InChI=1S/C15H20N4OS/c20-13-12-10-4-1-2-5-11(10)21-14(12)18-15(17-13)19-8-3-6-16-7-9-19/h16H,1-9H2,(H,17,18,20). The van der Waals surface area contributed by atoms with Gasteiger partial charge in [0.05, 0.1) is 5.39 Å². The van der Waals surface area contributed by atoms with Crippen LogP contribution in [0.3, 0.4) is 0 Å². The van der Waals surface area contributed by atoms with Crippen molar-refractivity contribution in [3.63, 3.8) is 0 Å². The minimum atomic E-state index is 0.0478. The minimum absolute atomic E-state index is 0.0478. The summed E-state index contributed by atoms with van der Waals surface area (Å²) in [5.74, 6) is 0.745. The number of thiophene rings is 1. The molecule has 6 heteroatoms. The fraction of sp³-hybridized carbons (Fsp3) is 0.600. The molecule has 0 radical (unpaired) electrons. The summed E-state index contributed by atoms with van der Waals surface area (Å²) in [4.78, 5) is 24.8. The summed E-state index contributed by atoms with van der Waals surface area (Å²) in [5.41, 5.74) is 1.31. The van der Waals surface area contributed by atoms with Crippen molar-refractivity contribution >= 4 is 27.5 Å². The van der Waals surface area contributed by atoms with Crippen LogP contribution in [0.2, 0.25) is 0 Å². The zero-order valence-electron chi connectivity index (χ0n) is 12.1. The van der Waals surface area contributed by atoms with Crippen LogP contribution in [0.25, 0.3) is 10.2 Å². The molecule has 5 nitrogen and oxygen atoms in total. The van der Waals surface area contributed by atoms with E-state index in [1.165, 1.54) is 23.3 Å². The Kier molecular flexibility index (Phi) is 3.43. The van der Waals surface area contributed by atoms with Crippen molar-refractivity contribution in [2.24, 2.45) is 0 Å². The molecule has 0 spiro atoms. The number of nitrogens with zero attached hydrogens (tertiary/aromatic N) is 2. The Hall–Kier alpha value is -1.40. The van der Waals surface area contributed by atoms with E-state index in [4.69, 9.17) is 4.98 Å². The number of aromatic nitrogens is 2. The number of rotatable bonds is 1. The normalized spacial score (nSPS) is 19.5. The lowest BCUT2D eigenvalue weighted by Crippen LogP contribution is -2.31. The molecular formula is C15H20N4OS. The first kappa shape index (κ1) is 13.3. The molecule has 0 amide bonds. The third kappa shape index (κ3) is 2.36. The van der Waals surface area contributed by atoms with Crippen molar-refractivity contribution < 1.29 is 0 Å². The average Bonchev–Trinajstić information content (AvgIpc) is 2.68. The van der Waals surface area contributed by atoms with Crippen LogP contribution in [-0.2, 0) is 12.8 Å². The molecule has 2 aliphatic rings. The molecule has 112 valence electrons. The zero-order chi connectivity index (χ0) is 14.2. The lowest BCUT2D eigenvalue weighted by molar-refractivity contribution is 0.700. The van der Waals surface area contributed by atoms with Crippen molar-refractivity contribution in [2.45, 2.75) is 32.1 Å². The molecule has 1 aliphatic carbocycles. The number of anilines is 1. The fourth-order valence-corrected chi connectivity index (χ4v) is 4.62. The highest BCUT2D eigenvalue weighted by Gasteiger charge is 2.21. The van der Waals surface area contributed by atoms with Crippen LogP contribution >= 0.6 is 11.3 Å². The van der Waals surface area contributed by atoms with Gasteiger partial charge in [0.15, 0.2) is 0 Å². The van der Waals surface area contributed by atoms with Gasteiger partial charge in [-0.25, -0.2) is 4.98 Å². The quantitative estimate of drug-likeness (QED) is 0.841. The highest BCUT2D eigenvalue weighted by atomic mass is 32.1. The molecule has 0 atom stereocenters. The van der Waals surface area contributed by atoms with Gasteiger partial charge in [-0.05, 0) is 44.2 Å². The van der Waals surface area contributed by atoms with E-state index in [1.54, 1.807) is 11.3 Å². The third-order valence-electron chi connectivity index (χ3n) is 4.45. The summed E-state index contributed by atoms with van der Waals surface area (Å²) in [6.45, 7) is 3.84. The van der Waals surface area contributed by atoms with Crippen LogP contribution in [0.15, 0.2) is 4.79 Å². The zero-order valence-corrected chi connectivity index (χ0v) is 12.9. The summed E-state index contributed by atoms with van der Waals surface area (Å²) >= 11 is 1.72. The van der Waals surface area contributed by atoms with E-state index < -0.39 is 0 Å². The maximum Gasteiger partial charge on any atom is 0.261 e. The van der Waals surface area contributed by atoms with E-state index >= 15 is 0 Å². The molecule has 0 saturated carbocycles. The monoisotopic (exact) mass is 304 g/mol. The molecule has 21 heavy (non-hydrogen) atoms. The van der Waals surface area contributed by atoms with Crippen molar-refractivity contribution in [3.05, 3.63) is 20.8 Å². The highest BCUT2D eigenvalue weighted by molar-refractivity contribution is 7.18. The number of nitrogens with one attached hydrogen (secondary N) is 2. The second kappa shape index (κ2) is 5.42. The largest absolute Gasteiger partial charge is 0.341 e. The number of hydrogen-bond donors (Lipinski definition) is 2. The Bertz CT molecular complexity index is 712. The van der Waals surface area contributed by atoms with E-state index in [0.717, 1.165) is 61.6 Å². The molecule has 3 heterocycles. The summed E-state index contributed by atoms with van der Waals surface area (Å²) in [6, 6.07) is 0. The number of aromatic amines is 1. The van der Waals surface area contributed by atoms with E-state index in [2.05, 4.69) is 15.2 Å². The second-order valence-corrected chi connectivity index (χ2v) is 6.95. The van der Waals surface area contributed by atoms with Gasteiger partial charge in [0.1, 0.15) is 4.83 Å². The summed E-state index contributed by atoms with van der Waals surface area (Å²) in [5, 5.41) is 4.23. The van der Waals surface area contributed by atoms with Crippen LogP contribution in [0.1, 0.15) is 29.7 Å². The lowest BCUT2D eigenvalue weighted by atomic mass is 9.97. The van der Waals surface area contributed by atoms with E-state index in [-0.39, 0.29) is 5.56 Å². The number of fused-ring (bicyclic) bond motifs is 3.